The molecule has 1 N–H and O–H groups in total. The Bertz CT molecular complexity index is 535. The zero-order valence-corrected chi connectivity index (χ0v) is 13.8. The summed E-state index contributed by atoms with van der Waals surface area (Å²) in [7, 11) is 0. The van der Waals surface area contributed by atoms with E-state index < -0.39 is 0 Å². The molecule has 2 aromatic rings. The molecule has 0 aliphatic heterocycles. The van der Waals surface area contributed by atoms with Crippen LogP contribution in [0.5, 0.6) is 0 Å². The molecule has 0 spiro atoms. The summed E-state index contributed by atoms with van der Waals surface area (Å²) in [5.74, 6) is 1.29. The summed E-state index contributed by atoms with van der Waals surface area (Å²) in [6, 6.07) is 13.3. The van der Waals surface area contributed by atoms with Crippen molar-refractivity contribution in [3.8, 4) is 0 Å². The molecule has 2 rings (SSSR count). The summed E-state index contributed by atoms with van der Waals surface area (Å²) in [6.07, 6.45) is 2.17. The molecular formula is C19H28N2. The molecule has 2 nitrogen and oxygen atoms in total. The zero-order valence-electron chi connectivity index (χ0n) is 13.8. The van der Waals surface area contributed by atoms with E-state index in [1.54, 1.807) is 0 Å². The Morgan fingerprint density at radius 1 is 1.00 bits per heavy atom. The second-order valence-electron chi connectivity index (χ2n) is 6.55. The fourth-order valence-electron chi connectivity index (χ4n) is 2.46. The summed E-state index contributed by atoms with van der Waals surface area (Å²) >= 11 is 0. The first-order valence-electron chi connectivity index (χ1n) is 8.00. The predicted octanol–water partition coefficient (Wildman–Crippen LogP) is 4.41. The molecule has 0 saturated heterocycles. The minimum Gasteiger partial charge on any atom is -0.346 e. The van der Waals surface area contributed by atoms with Crippen LogP contribution in [0.1, 0.15) is 50.4 Å². The summed E-state index contributed by atoms with van der Waals surface area (Å²) < 4.78 is 2.33. The van der Waals surface area contributed by atoms with Crippen LogP contribution >= 0.6 is 0 Å². The molecule has 0 amide bonds. The molecule has 21 heavy (non-hydrogen) atoms. The minimum atomic E-state index is 0.599. The number of hydrogen-bond acceptors (Lipinski definition) is 1. The lowest BCUT2D eigenvalue weighted by atomic mass is 10.0. The van der Waals surface area contributed by atoms with Gasteiger partial charge in [0.05, 0.1) is 0 Å². The van der Waals surface area contributed by atoms with Gasteiger partial charge in [-0.2, -0.15) is 0 Å². The van der Waals surface area contributed by atoms with Gasteiger partial charge in [0, 0.05) is 25.0 Å². The van der Waals surface area contributed by atoms with Crippen molar-refractivity contribution in [2.24, 2.45) is 5.92 Å². The SMILES string of the molecule is CC(C)CNCc1cccn1Cc1ccc(C(C)C)cc1. The van der Waals surface area contributed by atoms with Crippen LogP contribution in [-0.2, 0) is 13.1 Å². The van der Waals surface area contributed by atoms with Gasteiger partial charge in [-0.15, -0.1) is 0 Å². The molecule has 0 aliphatic carbocycles. The topological polar surface area (TPSA) is 17.0 Å². The summed E-state index contributed by atoms with van der Waals surface area (Å²) in [6.45, 7) is 11.9. The lowest BCUT2D eigenvalue weighted by Gasteiger charge is -2.12. The average Bonchev–Trinajstić information content (AvgIpc) is 2.86. The van der Waals surface area contributed by atoms with Gasteiger partial charge in [0.25, 0.3) is 0 Å². The number of nitrogens with one attached hydrogen (secondary N) is 1. The molecule has 0 atom stereocenters. The van der Waals surface area contributed by atoms with E-state index >= 15 is 0 Å². The van der Waals surface area contributed by atoms with Crippen LogP contribution in [0.15, 0.2) is 42.6 Å². The van der Waals surface area contributed by atoms with E-state index in [2.05, 4.69) is 80.2 Å². The van der Waals surface area contributed by atoms with Crippen molar-refractivity contribution in [2.45, 2.75) is 46.7 Å². The molecule has 0 unspecified atom stereocenters. The third-order valence-electron chi connectivity index (χ3n) is 3.78. The number of hydrogen-bond donors (Lipinski definition) is 1. The minimum absolute atomic E-state index is 0.599. The predicted molar refractivity (Wildman–Crippen MR) is 90.6 cm³/mol. The molecule has 0 bridgehead atoms. The first-order chi connectivity index (χ1) is 10.1. The van der Waals surface area contributed by atoms with Gasteiger partial charge < -0.3 is 9.88 Å². The Kier molecular flexibility index (Phi) is 5.63. The molecule has 2 heteroatoms. The number of aromatic nitrogens is 1. The van der Waals surface area contributed by atoms with E-state index in [9.17, 15) is 0 Å². The molecule has 114 valence electrons. The van der Waals surface area contributed by atoms with E-state index in [4.69, 9.17) is 0 Å². The fourth-order valence-corrected chi connectivity index (χ4v) is 2.46. The maximum Gasteiger partial charge on any atom is 0.0473 e. The van der Waals surface area contributed by atoms with Crippen molar-refractivity contribution in [1.29, 1.82) is 0 Å². The monoisotopic (exact) mass is 284 g/mol. The Morgan fingerprint density at radius 2 is 1.71 bits per heavy atom. The number of rotatable bonds is 7. The summed E-state index contributed by atoms with van der Waals surface area (Å²) in [5, 5.41) is 3.52. The molecule has 0 radical (unpaired) electrons. The maximum atomic E-state index is 3.52. The molecule has 1 aromatic heterocycles. The van der Waals surface area contributed by atoms with Crippen LogP contribution in [0, 0.1) is 5.92 Å². The van der Waals surface area contributed by atoms with Gasteiger partial charge in [-0.05, 0) is 41.6 Å². The Labute approximate surface area is 129 Å². The highest BCUT2D eigenvalue weighted by molar-refractivity contribution is 5.25. The highest BCUT2D eigenvalue weighted by Crippen LogP contribution is 2.16. The normalized spacial score (nSPS) is 11.5. The van der Waals surface area contributed by atoms with E-state index in [1.165, 1.54) is 16.8 Å². The quantitative estimate of drug-likeness (QED) is 0.797. The Morgan fingerprint density at radius 3 is 2.33 bits per heavy atom. The second kappa shape index (κ2) is 7.46. The van der Waals surface area contributed by atoms with Crippen molar-refractivity contribution in [3.05, 3.63) is 59.4 Å². The Balaban J connectivity index is 1.98. The Hall–Kier alpha value is -1.54. The van der Waals surface area contributed by atoms with Gasteiger partial charge in [-0.1, -0.05) is 52.0 Å². The molecular weight excluding hydrogens is 256 g/mol. The number of benzene rings is 1. The average molecular weight is 284 g/mol. The fraction of sp³-hybridized carbons (Fsp3) is 0.474. The van der Waals surface area contributed by atoms with Crippen LogP contribution in [-0.4, -0.2) is 11.1 Å². The van der Waals surface area contributed by atoms with Gasteiger partial charge in [-0.3, -0.25) is 0 Å². The van der Waals surface area contributed by atoms with Crippen LogP contribution in [0.25, 0.3) is 0 Å². The van der Waals surface area contributed by atoms with Crippen molar-refractivity contribution in [3.63, 3.8) is 0 Å². The van der Waals surface area contributed by atoms with Crippen LogP contribution in [0.3, 0.4) is 0 Å². The molecule has 0 saturated carbocycles. The summed E-state index contributed by atoms with van der Waals surface area (Å²) in [4.78, 5) is 0. The lowest BCUT2D eigenvalue weighted by Crippen LogP contribution is -2.20. The van der Waals surface area contributed by atoms with Gasteiger partial charge in [0.1, 0.15) is 0 Å². The van der Waals surface area contributed by atoms with E-state index in [1.807, 2.05) is 0 Å². The summed E-state index contributed by atoms with van der Waals surface area (Å²) in [5.41, 5.74) is 4.12. The first kappa shape index (κ1) is 15.8. The lowest BCUT2D eigenvalue weighted by molar-refractivity contribution is 0.539. The van der Waals surface area contributed by atoms with Crippen LogP contribution in [0.2, 0.25) is 0 Å². The van der Waals surface area contributed by atoms with E-state index in [0.29, 0.717) is 11.8 Å². The van der Waals surface area contributed by atoms with Gasteiger partial charge in [0.15, 0.2) is 0 Å². The third-order valence-corrected chi connectivity index (χ3v) is 3.78. The molecule has 1 heterocycles. The highest BCUT2D eigenvalue weighted by Gasteiger charge is 2.03. The molecule has 1 aromatic carbocycles. The van der Waals surface area contributed by atoms with Crippen LogP contribution in [0.4, 0.5) is 0 Å². The van der Waals surface area contributed by atoms with Crippen molar-refractivity contribution >= 4 is 0 Å². The molecule has 0 aliphatic rings. The maximum absolute atomic E-state index is 3.52. The standard InChI is InChI=1S/C19H28N2/c1-15(2)12-20-13-19-6-5-11-21(19)14-17-7-9-18(10-8-17)16(3)4/h5-11,15-16,20H,12-14H2,1-4H3. The smallest absolute Gasteiger partial charge is 0.0473 e. The highest BCUT2D eigenvalue weighted by atomic mass is 15.0. The van der Waals surface area contributed by atoms with Crippen LogP contribution < -0.4 is 5.32 Å². The van der Waals surface area contributed by atoms with Gasteiger partial charge in [-0.25, -0.2) is 0 Å². The van der Waals surface area contributed by atoms with Gasteiger partial charge >= 0.3 is 0 Å². The largest absolute Gasteiger partial charge is 0.346 e. The number of nitrogens with zero attached hydrogens (tertiary/aromatic N) is 1. The third kappa shape index (κ3) is 4.75. The second-order valence-corrected chi connectivity index (χ2v) is 6.55. The van der Waals surface area contributed by atoms with Crippen molar-refractivity contribution in [1.82, 2.24) is 9.88 Å². The van der Waals surface area contributed by atoms with E-state index in [0.717, 1.165) is 19.6 Å². The first-order valence-corrected chi connectivity index (χ1v) is 8.00. The van der Waals surface area contributed by atoms with Gasteiger partial charge in [0.2, 0.25) is 0 Å². The van der Waals surface area contributed by atoms with Crippen molar-refractivity contribution in [2.75, 3.05) is 6.54 Å². The van der Waals surface area contributed by atoms with E-state index in [-0.39, 0.29) is 0 Å². The zero-order chi connectivity index (χ0) is 15.2. The molecule has 0 fully saturated rings. The van der Waals surface area contributed by atoms with Crippen molar-refractivity contribution < 1.29 is 0 Å².